The van der Waals surface area contributed by atoms with E-state index >= 15 is 0 Å². The first-order valence-electron chi connectivity index (χ1n) is 9.17. The van der Waals surface area contributed by atoms with E-state index in [4.69, 9.17) is 0 Å². The zero-order valence-electron chi connectivity index (χ0n) is 16.3. The van der Waals surface area contributed by atoms with Crippen molar-refractivity contribution in [2.75, 3.05) is 36.9 Å². The molecule has 0 radical (unpaired) electrons. The van der Waals surface area contributed by atoms with Gasteiger partial charge in [-0.1, -0.05) is 0 Å². The minimum atomic E-state index is -1.62. The molecule has 2 aromatic rings. The molecule has 164 valence electrons. The van der Waals surface area contributed by atoms with Crippen LogP contribution in [0.15, 0.2) is 34.6 Å². The first-order chi connectivity index (χ1) is 14.0. The molecule has 3 N–H and O–H groups in total. The second-order valence-electron chi connectivity index (χ2n) is 6.55. The van der Waals surface area contributed by atoms with Crippen LogP contribution in [0.1, 0.15) is 12.8 Å². The van der Waals surface area contributed by atoms with Crippen LogP contribution in [-0.4, -0.2) is 44.6 Å². The van der Waals surface area contributed by atoms with Crippen molar-refractivity contribution in [1.29, 1.82) is 0 Å². The van der Waals surface area contributed by atoms with E-state index in [1.807, 2.05) is 6.07 Å². The largest absolute Gasteiger partial charge is 0.363 e. The summed E-state index contributed by atoms with van der Waals surface area (Å²) in [5.41, 5.74) is -0.417. The lowest BCUT2D eigenvalue weighted by Gasteiger charge is -2.33. The van der Waals surface area contributed by atoms with Crippen LogP contribution in [-0.2, 0) is 4.79 Å². The summed E-state index contributed by atoms with van der Waals surface area (Å²) in [6.45, 7) is 1.64. The maximum atomic E-state index is 13.6. The molecule has 0 bridgehead atoms. The molecule has 1 aliphatic rings. The molecule has 1 fully saturated rings. The summed E-state index contributed by atoms with van der Waals surface area (Å²) in [6.07, 6.45) is 1.84. The van der Waals surface area contributed by atoms with Gasteiger partial charge in [0, 0.05) is 26.2 Å². The number of nitrogens with one attached hydrogen (secondary N) is 3. The highest BCUT2D eigenvalue weighted by Gasteiger charge is 2.21. The number of rotatable bonds is 5. The number of piperidine rings is 1. The fourth-order valence-corrected chi connectivity index (χ4v) is 3.85. The molecule has 0 atom stereocenters. The van der Waals surface area contributed by atoms with Crippen molar-refractivity contribution in [1.82, 2.24) is 10.6 Å². The summed E-state index contributed by atoms with van der Waals surface area (Å²) in [7, 11) is 1.59. The highest BCUT2D eigenvalue weighted by molar-refractivity contribution is 14.0. The average molecular weight is 553 g/mol. The smallest absolute Gasteiger partial charge is 0.243 e. The van der Waals surface area contributed by atoms with Gasteiger partial charge in [-0.2, -0.15) is 0 Å². The fourth-order valence-electron chi connectivity index (χ4n) is 3.06. The number of hydrogen-bond donors (Lipinski definition) is 3. The SMILES string of the molecule is CN=C(NCC(=O)Nc1ccc(F)c(F)c1F)NC1CCN(c2cccs2)CC1.I. The maximum absolute atomic E-state index is 13.6. The molecule has 1 aromatic carbocycles. The number of aliphatic imine (C=N–C) groups is 1. The zero-order chi connectivity index (χ0) is 20.8. The van der Waals surface area contributed by atoms with Crippen LogP contribution in [0.5, 0.6) is 0 Å². The third kappa shape index (κ3) is 6.24. The Morgan fingerprint density at radius 2 is 1.93 bits per heavy atom. The van der Waals surface area contributed by atoms with Crippen LogP contribution in [0, 0.1) is 17.5 Å². The van der Waals surface area contributed by atoms with Crippen LogP contribution in [0.4, 0.5) is 23.9 Å². The third-order valence-electron chi connectivity index (χ3n) is 4.60. The van der Waals surface area contributed by atoms with Crippen molar-refractivity contribution in [2.24, 2.45) is 4.99 Å². The number of anilines is 2. The van der Waals surface area contributed by atoms with Crippen LogP contribution >= 0.6 is 35.3 Å². The van der Waals surface area contributed by atoms with E-state index in [0.717, 1.165) is 38.1 Å². The molecule has 2 heterocycles. The Labute approximate surface area is 194 Å². The summed E-state index contributed by atoms with van der Waals surface area (Å²) in [6, 6.07) is 6.08. The van der Waals surface area contributed by atoms with Crippen molar-refractivity contribution < 1.29 is 18.0 Å². The summed E-state index contributed by atoms with van der Waals surface area (Å²) in [5, 5.41) is 11.6. The van der Waals surface area contributed by atoms with Gasteiger partial charge >= 0.3 is 0 Å². The molecular weight excluding hydrogens is 530 g/mol. The molecule has 1 saturated heterocycles. The number of nitrogens with zero attached hydrogens (tertiary/aromatic N) is 2. The van der Waals surface area contributed by atoms with Gasteiger partial charge in [0.15, 0.2) is 23.4 Å². The van der Waals surface area contributed by atoms with Crippen LogP contribution < -0.4 is 20.9 Å². The van der Waals surface area contributed by atoms with Crippen molar-refractivity contribution in [3.05, 3.63) is 47.1 Å². The minimum Gasteiger partial charge on any atom is -0.363 e. The molecule has 3 rings (SSSR count). The number of halogens is 4. The lowest BCUT2D eigenvalue weighted by Crippen LogP contribution is -2.49. The Bertz CT molecular complexity index is 873. The van der Waals surface area contributed by atoms with Crippen molar-refractivity contribution in [3.8, 4) is 0 Å². The van der Waals surface area contributed by atoms with Crippen molar-refractivity contribution >= 4 is 57.9 Å². The topological polar surface area (TPSA) is 68.8 Å². The van der Waals surface area contributed by atoms with Gasteiger partial charge in [-0.25, -0.2) is 13.2 Å². The molecule has 0 aliphatic carbocycles. The summed E-state index contributed by atoms with van der Waals surface area (Å²) in [5.74, 6) is -4.53. The lowest BCUT2D eigenvalue weighted by atomic mass is 10.1. The third-order valence-corrected chi connectivity index (χ3v) is 5.53. The van der Waals surface area contributed by atoms with E-state index in [-0.39, 0.29) is 36.6 Å². The molecule has 0 saturated carbocycles. The van der Waals surface area contributed by atoms with Gasteiger partial charge in [0.25, 0.3) is 0 Å². The van der Waals surface area contributed by atoms with Gasteiger partial charge in [0.1, 0.15) is 0 Å². The standard InChI is InChI=1S/C19H22F3N5OS.HI/c1-23-19(25-12-6-8-27(9-7-12)16-3-2-10-29-16)24-11-15(28)26-14-5-4-13(20)17(21)18(14)22;/h2-5,10,12H,6-9,11H2,1H3,(H,26,28)(H2,23,24,25);1H. The molecule has 1 aromatic heterocycles. The number of carbonyl (C=O) groups excluding carboxylic acids is 1. The van der Waals surface area contributed by atoms with Gasteiger partial charge in [0.2, 0.25) is 5.91 Å². The molecule has 1 amide bonds. The number of benzene rings is 1. The Hall–Kier alpha value is -2.02. The van der Waals surface area contributed by atoms with E-state index < -0.39 is 29.0 Å². The number of amides is 1. The molecular formula is C19H23F3IN5OS. The highest BCUT2D eigenvalue weighted by atomic mass is 127. The summed E-state index contributed by atoms with van der Waals surface area (Å²) in [4.78, 5) is 18.4. The molecule has 6 nitrogen and oxygen atoms in total. The van der Waals surface area contributed by atoms with Crippen molar-refractivity contribution in [2.45, 2.75) is 18.9 Å². The number of guanidine groups is 1. The second kappa shape index (κ2) is 11.4. The predicted molar refractivity (Wildman–Crippen MR) is 124 cm³/mol. The van der Waals surface area contributed by atoms with E-state index in [1.165, 1.54) is 5.00 Å². The van der Waals surface area contributed by atoms with E-state index in [1.54, 1.807) is 18.4 Å². The van der Waals surface area contributed by atoms with Gasteiger partial charge in [-0.15, -0.1) is 35.3 Å². The monoisotopic (exact) mass is 553 g/mol. The molecule has 30 heavy (non-hydrogen) atoms. The van der Waals surface area contributed by atoms with Crippen molar-refractivity contribution in [3.63, 3.8) is 0 Å². The lowest BCUT2D eigenvalue weighted by molar-refractivity contribution is -0.115. The van der Waals surface area contributed by atoms with Gasteiger partial charge in [-0.3, -0.25) is 9.79 Å². The van der Waals surface area contributed by atoms with Gasteiger partial charge in [-0.05, 0) is 42.5 Å². The van der Waals surface area contributed by atoms with E-state index in [9.17, 15) is 18.0 Å². The first kappa shape index (κ1) is 24.3. The summed E-state index contributed by atoms with van der Waals surface area (Å²) >= 11 is 1.72. The van der Waals surface area contributed by atoms with Crippen LogP contribution in [0.25, 0.3) is 0 Å². The Kier molecular flexibility index (Phi) is 9.21. The molecule has 0 unspecified atom stereocenters. The fraction of sp³-hybridized carbons (Fsp3) is 0.368. The maximum Gasteiger partial charge on any atom is 0.243 e. The predicted octanol–water partition coefficient (Wildman–Crippen LogP) is 3.56. The van der Waals surface area contributed by atoms with E-state index in [0.29, 0.717) is 5.96 Å². The van der Waals surface area contributed by atoms with E-state index in [2.05, 4.69) is 37.3 Å². The van der Waals surface area contributed by atoms with Gasteiger partial charge < -0.3 is 20.9 Å². The number of thiophene rings is 1. The average Bonchev–Trinajstić information content (AvgIpc) is 3.27. The number of hydrogen-bond acceptors (Lipinski definition) is 4. The quantitative estimate of drug-likeness (QED) is 0.230. The molecule has 0 spiro atoms. The first-order valence-corrected chi connectivity index (χ1v) is 10.0. The Morgan fingerprint density at radius 1 is 1.20 bits per heavy atom. The molecule has 1 aliphatic heterocycles. The normalized spacial score (nSPS) is 14.8. The summed E-state index contributed by atoms with van der Waals surface area (Å²) < 4.78 is 39.8. The minimum absolute atomic E-state index is 0. The molecule has 11 heteroatoms. The Balaban J connectivity index is 0.00000320. The zero-order valence-corrected chi connectivity index (χ0v) is 19.4. The number of carbonyl (C=O) groups is 1. The van der Waals surface area contributed by atoms with Crippen LogP contribution in [0.2, 0.25) is 0 Å². The Morgan fingerprint density at radius 3 is 2.57 bits per heavy atom. The highest BCUT2D eigenvalue weighted by Crippen LogP contribution is 2.24. The second-order valence-corrected chi connectivity index (χ2v) is 7.48. The van der Waals surface area contributed by atoms with Crippen LogP contribution in [0.3, 0.4) is 0 Å². The van der Waals surface area contributed by atoms with Gasteiger partial charge in [0.05, 0.1) is 17.2 Å².